The molecule has 0 saturated carbocycles. The standard InChI is InChI=1S/C24H25N5O3/c1-32-19-4-2-3-15-14(19)6-5-13-11-26-17(20(13)15)8-10-29-23(30)22-21(28-24(29)31)16-7-9-25-12-18(16)27-22/h2-4,7,9,12-13,17,20,26-27H,5-6,8,10-11H2,1H3,(H,28,31)/t13-,17?,20+/m0/s1. The number of hydrogen-bond acceptors (Lipinski definition) is 5. The second-order valence-electron chi connectivity index (χ2n) is 8.84. The molecule has 0 radical (unpaired) electrons. The average molecular weight is 431 g/mol. The number of nitrogens with one attached hydrogen (secondary N) is 3. The number of pyridine rings is 1. The summed E-state index contributed by atoms with van der Waals surface area (Å²) in [5.41, 5.74) is 3.67. The van der Waals surface area contributed by atoms with E-state index in [0.29, 0.717) is 35.8 Å². The molecule has 1 aliphatic carbocycles. The summed E-state index contributed by atoms with van der Waals surface area (Å²) in [6.07, 6.45) is 6.17. The van der Waals surface area contributed by atoms with Gasteiger partial charge in [0, 0.05) is 30.1 Å². The summed E-state index contributed by atoms with van der Waals surface area (Å²) in [6.45, 7) is 1.32. The van der Waals surface area contributed by atoms with Crippen molar-refractivity contribution in [1.29, 1.82) is 0 Å². The summed E-state index contributed by atoms with van der Waals surface area (Å²) in [7, 11) is 1.72. The predicted molar refractivity (Wildman–Crippen MR) is 122 cm³/mol. The average Bonchev–Trinajstić information content (AvgIpc) is 3.40. The maximum atomic E-state index is 13.1. The van der Waals surface area contributed by atoms with E-state index < -0.39 is 0 Å². The van der Waals surface area contributed by atoms with Crippen molar-refractivity contribution in [1.82, 2.24) is 24.8 Å². The first kappa shape index (κ1) is 19.3. The molecular formula is C24H25N5O3. The third kappa shape index (κ3) is 2.82. The molecule has 0 spiro atoms. The smallest absolute Gasteiger partial charge is 0.328 e. The molecule has 4 aromatic rings. The minimum atomic E-state index is -0.375. The normalized spacial score (nSPS) is 22.2. The lowest BCUT2D eigenvalue weighted by atomic mass is 9.73. The summed E-state index contributed by atoms with van der Waals surface area (Å²) in [5, 5.41) is 4.46. The van der Waals surface area contributed by atoms with E-state index in [2.05, 4.69) is 32.4 Å². The molecule has 0 bridgehead atoms. The van der Waals surface area contributed by atoms with E-state index in [1.54, 1.807) is 25.6 Å². The summed E-state index contributed by atoms with van der Waals surface area (Å²) >= 11 is 0. The van der Waals surface area contributed by atoms with Gasteiger partial charge in [0.1, 0.15) is 11.3 Å². The summed E-state index contributed by atoms with van der Waals surface area (Å²) in [5.74, 6) is 1.89. The molecule has 164 valence electrons. The van der Waals surface area contributed by atoms with Crippen LogP contribution in [0, 0.1) is 5.92 Å². The van der Waals surface area contributed by atoms with Crippen molar-refractivity contribution in [2.75, 3.05) is 13.7 Å². The van der Waals surface area contributed by atoms with Gasteiger partial charge in [-0.1, -0.05) is 12.1 Å². The zero-order chi connectivity index (χ0) is 21.8. The van der Waals surface area contributed by atoms with E-state index in [4.69, 9.17) is 4.74 Å². The Morgan fingerprint density at radius 2 is 2.09 bits per heavy atom. The Balaban J connectivity index is 1.33. The van der Waals surface area contributed by atoms with Crippen LogP contribution in [0.1, 0.15) is 29.9 Å². The Labute approximate surface area is 183 Å². The second-order valence-corrected chi connectivity index (χ2v) is 8.84. The van der Waals surface area contributed by atoms with Gasteiger partial charge in [-0.2, -0.15) is 0 Å². The van der Waals surface area contributed by atoms with E-state index >= 15 is 0 Å². The Kier molecular flexibility index (Phi) is 4.43. The van der Waals surface area contributed by atoms with Crippen molar-refractivity contribution >= 4 is 21.9 Å². The highest BCUT2D eigenvalue weighted by Crippen LogP contribution is 2.45. The Morgan fingerprint density at radius 1 is 1.19 bits per heavy atom. The molecule has 8 nitrogen and oxygen atoms in total. The fourth-order valence-corrected chi connectivity index (χ4v) is 5.81. The molecule has 3 atom stereocenters. The molecule has 1 unspecified atom stereocenters. The molecular weight excluding hydrogens is 406 g/mol. The molecule has 1 saturated heterocycles. The lowest BCUT2D eigenvalue weighted by Crippen LogP contribution is -2.38. The number of rotatable bonds is 4. The van der Waals surface area contributed by atoms with Crippen LogP contribution in [0.3, 0.4) is 0 Å². The van der Waals surface area contributed by atoms with Gasteiger partial charge >= 0.3 is 5.69 Å². The molecule has 1 fully saturated rings. The Hall–Kier alpha value is -3.39. The van der Waals surface area contributed by atoms with Gasteiger partial charge < -0.3 is 20.0 Å². The van der Waals surface area contributed by atoms with Crippen molar-refractivity contribution < 1.29 is 4.74 Å². The number of methoxy groups -OCH3 is 1. The van der Waals surface area contributed by atoms with Crippen molar-refractivity contribution in [2.24, 2.45) is 5.92 Å². The number of hydrogen-bond donors (Lipinski definition) is 3. The van der Waals surface area contributed by atoms with Gasteiger partial charge in [-0.05, 0) is 55.0 Å². The first-order valence-corrected chi connectivity index (χ1v) is 11.1. The molecule has 3 aromatic heterocycles. The van der Waals surface area contributed by atoms with Gasteiger partial charge in [-0.15, -0.1) is 0 Å². The van der Waals surface area contributed by atoms with Gasteiger partial charge in [0.15, 0.2) is 0 Å². The summed E-state index contributed by atoms with van der Waals surface area (Å²) < 4.78 is 6.92. The van der Waals surface area contributed by atoms with Crippen LogP contribution in [-0.2, 0) is 13.0 Å². The molecule has 3 N–H and O–H groups in total. The topological polar surface area (TPSA) is 105 Å². The van der Waals surface area contributed by atoms with Crippen molar-refractivity contribution in [3.05, 3.63) is 68.6 Å². The van der Waals surface area contributed by atoms with Gasteiger partial charge in [-0.3, -0.25) is 14.3 Å². The van der Waals surface area contributed by atoms with E-state index in [0.717, 1.165) is 36.0 Å². The van der Waals surface area contributed by atoms with Crippen LogP contribution >= 0.6 is 0 Å². The number of fused-ring (bicyclic) bond motifs is 6. The summed E-state index contributed by atoms with van der Waals surface area (Å²) in [4.78, 5) is 36.1. The highest BCUT2D eigenvalue weighted by atomic mass is 16.5. The van der Waals surface area contributed by atoms with Gasteiger partial charge in [0.25, 0.3) is 5.56 Å². The molecule has 0 amide bonds. The van der Waals surface area contributed by atoms with Crippen molar-refractivity contribution in [3.63, 3.8) is 0 Å². The number of nitrogens with zero attached hydrogens (tertiary/aromatic N) is 2. The minimum Gasteiger partial charge on any atom is -0.496 e. The fraction of sp³-hybridized carbons (Fsp3) is 0.375. The third-order valence-electron chi connectivity index (χ3n) is 7.30. The molecule has 4 heterocycles. The number of benzene rings is 1. The van der Waals surface area contributed by atoms with Crippen LogP contribution < -0.4 is 21.3 Å². The molecule has 32 heavy (non-hydrogen) atoms. The van der Waals surface area contributed by atoms with Crippen LogP contribution in [0.5, 0.6) is 5.75 Å². The third-order valence-corrected chi connectivity index (χ3v) is 7.30. The maximum absolute atomic E-state index is 13.1. The highest BCUT2D eigenvalue weighted by molar-refractivity contribution is 6.03. The Morgan fingerprint density at radius 3 is 2.97 bits per heavy atom. The molecule has 1 aromatic carbocycles. The van der Waals surface area contributed by atoms with Crippen molar-refractivity contribution in [3.8, 4) is 5.75 Å². The zero-order valence-electron chi connectivity index (χ0n) is 17.9. The predicted octanol–water partition coefficient (Wildman–Crippen LogP) is 2.28. The van der Waals surface area contributed by atoms with Gasteiger partial charge in [0.05, 0.1) is 24.3 Å². The SMILES string of the molecule is COc1cccc2c1CC[C@H]1CNC(CCn3c(=O)[nH]c4c([nH]c5cnccc54)c3=O)[C@@H]21. The number of aromatic nitrogens is 4. The molecule has 6 rings (SSSR count). The molecule has 2 aliphatic rings. The first-order chi connectivity index (χ1) is 15.7. The molecule has 1 aliphatic heterocycles. The number of ether oxygens (including phenoxy) is 1. The van der Waals surface area contributed by atoms with Crippen LogP contribution in [0.25, 0.3) is 21.9 Å². The highest BCUT2D eigenvalue weighted by Gasteiger charge is 2.40. The van der Waals surface area contributed by atoms with Crippen LogP contribution in [0.15, 0.2) is 46.2 Å². The van der Waals surface area contributed by atoms with E-state index in [1.807, 2.05) is 6.07 Å². The van der Waals surface area contributed by atoms with Gasteiger partial charge in [-0.25, -0.2) is 4.79 Å². The largest absolute Gasteiger partial charge is 0.496 e. The maximum Gasteiger partial charge on any atom is 0.328 e. The second kappa shape index (κ2) is 7.34. The summed E-state index contributed by atoms with van der Waals surface area (Å²) in [6, 6.07) is 8.30. The van der Waals surface area contributed by atoms with E-state index in [1.165, 1.54) is 15.7 Å². The zero-order valence-corrected chi connectivity index (χ0v) is 17.9. The lowest BCUT2D eigenvalue weighted by Gasteiger charge is -2.32. The first-order valence-electron chi connectivity index (χ1n) is 11.1. The quantitative estimate of drug-likeness (QED) is 0.460. The van der Waals surface area contributed by atoms with Crippen molar-refractivity contribution in [2.45, 2.75) is 37.8 Å². The van der Waals surface area contributed by atoms with Crippen LogP contribution in [-0.4, -0.2) is 39.2 Å². The van der Waals surface area contributed by atoms with Crippen LogP contribution in [0.4, 0.5) is 0 Å². The minimum absolute atomic E-state index is 0.208. The van der Waals surface area contributed by atoms with Crippen LogP contribution in [0.2, 0.25) is 0 Å². The fourth-order valence-electron chi connectivity index (χ4n) is 5.81. The number of H-pyrrole nitrogens is 2. The number of aromatic amines is 2. The van der Waals surface area contributed by atoms with E-state index in [-0.39, 0.29) is 17.3 Å². The monoisotopic (exact) mass is 431 g/mol. The molecule has 8 heteroatoms. The van der Waals surface area contributed by atoms with E-state index in [9.17, 15) is 9.59 Å². The Bertz CT molecular complexity index is 1450. The van der Waals surface area contributed by atoms with Gasteiger partial charge in [0.2, 0.25) is 0 Å². The lowest BCUT2D eigenvalue weighted by molar-refractivity contribution is 0.371.